The largest absolute Gasteiger partial charge is 0.392 e. The Labute approximate surface area is 198 Å². The van der Waals surface area contributed by atoms with Crippen LogP contribution >= 0.6 is 0 Å². The van der Waals surface area contributed by atoms with Gasteiger partial charge in [-0.2, -0.15) is 13.2 Å². The molecule has 5 nitrogen and oxygen atoms in total. The molecule has 1 atom stereocenters. The van der Waals surface area contributed by atoms with E-state index < -0.39 is 23.8 Å². The lowest BCUT2D eigenvalue weighted by Gasteiger charge is -2.30. The standard InChI is InChI=1S/C26H23F4N3O2/c1-2-21(34)33-9-8-15-13(12-33)4-3-5-16(15)22-19(27)11-18(25(31)35)24-23(22)17-7-6-14(26(28,29)30)10-20(17)32-24/h2-5,11,14,32H,1,6-10,12H2,(H2,31,35)/t14-/m1/s1. The van der Waals surface area contributed by atoms with Crippen molar-refractivity contribution in [3.8, 4) is 11.1 Å². The van der Waals surface area contributed by atoms with E-state index in [1.165, 1.54) is 6.08 Å². The SMILES string of the molecule is C=CC(=O)N1CCc2c(cccc2-c2c(F)cc(C(N)=O)c3[nH]c4c(c23)CC[C@@H](C(F)(F)F)C4)C1. The number of aromatic amines is 1. The van der Waals surface area contributed by atoms with Crippen LogP contribution in [0.2, 0.25) is 0 Å². The number of fused-ring (bicyclic) bond motifs is 4. The van der Waals surface area contributed by atoms with Crippen LogP contribution in [0.4, 0.5) is 17.6 Å². The first kappa shape index (κ1) is 23.1. The summed E-state index contributed by atoms with van der Waals surface area (Å²) in [6.45, 7) is 4.30. The summed E-state index contributed by atoms with van der Waals surface area (Å²) in [6.07, 6.45) is -2.89. The number of rotatable bonds is 3. The molecular weight excluding hydrogens is 462 g/mol. The Morgan fingerprint density at radius 2 is 1.97 bits per heavy atom. The van der Waals surface area contributed by atoms with Crippen LogP contribution in [0.25, 0.3) is 22.0 Å². The predicted molar refractivity (Wildman–Crippen MR) is 123 cm³/mol. The number of amides is 2. The van der Waals surface area contributed by atoms with Gasteiger partial charge in [-0.1, -0.05) is 24.8 Å². The van der Waals surface area contributed by atoms with Gasteiger partial charge in [-0.25, -0.2) is 4.39 Å². The Bertz CT molecular complexity index is 1390. The summed E-state index contributed by atoms with van der Waals surface area (Å²) >= 11 is 0. The Morgan fingerprint density at radius 1 is 1.20 bits per heavy atom. The highest BCUT2D eigenvalue weighted by Crippen LogP contribution is 2.45. The lowest BCUT2D eigenvalue weighted by Crippen LogP contribution is -2.34. The van der Waals surface area contributed by atoms with E-state index in [0.717, 1.165) is 17.2 Å². The van der Waals surface area contributed by atoms with Crippen LogP contribution in [0.15, 0.2) is 36.9 Å². The van der Waals surface area contributed by atoms with Crippen molar-refractivity contribution in [3.63, 3.8) is 0 Å². The molecule has 2 heterocycles. The Hall–Kier alpha value is -3.62. The molecule has 5 rings (SSSR count). The Morgan fingerprint density at radius 3 is 2.66 bits per heavy atom. The third-order valence-corrected chi connectivity index (χ3v) is 7.16. The van der Waals surface area contributed by atoms with Gasteiger partial charge in [0.2, 0.25) is 5.91 Å². The molecule has 1 aliphatic heterocycles. The first-order chi connectivity index (χ1) is 16.6. The van der Waals surface area contributed by atoms with E-state index in [-0.39, 0.29) is 41.8 Å². The molecule has 2 amide bonds. The minimum atomic E-state index is -4.34. The fourth-order valence-corrected chi connectivity index (χ4v) is 5.47. The van der Waals surface area contributed by atoms with E-state index in [1.807, 2.05) is 6.07 Å². The molecule has 2 aliphatic rings. The van der Waals surface area contributed by atoms with Gasteiger partial charge < -0.3 is 15.6 Å². The molecule has 0 saturated heterocycles. The van der Waals surface area contributed by atoms with Crippen molar-refractivity contribution in [2.24, 2.45) is 11.7 Å². The minimum Gasteiger partial charge on any atom is -0.366 e. The van der Waals surface area contributed by atoms with Gasteiger partial charge in [-0.15, -0.1) is 0 Å². The van der Waals surface area contributed by atoms with Crippen LogP contribution in [0.3, 0.4) is 0 Å². The van der Waals surface area contributed by atoms with E-state index in [9.17, 15) is 22.8 Å². The Balaban J connectivity index is 1.72. The van der Waals surface area contributed by atoms with Crippen molar-refractivity contribution in [1.29, 1.82) is 0 Å². The number of carbonyl (C=O) groups excluding carboxylic acids is 2. The van der Waals surface area contributed by atoms with E-state index in [0.29, 0.717) is 41.7 Å². The van der Waals surface area contributed by atoms with Gasteiger partial charge in [0.1, 0.15) is 5.82 Å². The van der Waals surface area contributed by atoms with Gasteiger partial charge in [0, 0.05) is 29.7 Å². The maximum atomic E-state index is 15.7. The molecular formula is C26H23F4N3O2. The predicted octanol–water partition coefficient (Wildman–Crippen LogP) is 4.81. The number of aryl methyl sites for hydroxylation is 1. The lowest BCUT2D eigenvalue weighted by molar-refractivity contribution is -0.177. The monoisotopic (exact) mass is 485 g/mol. The summed E-state index contributed by atoms with van der Waals surface area (Å²) in [7, 11) is 0. The van der Waals surface area contributed by atoms with Crippen LogP contribution < -0.4 is 5.73 Å². The van der Waals surface area contributed by atoms with E-state index in [4.69, 9.17) is 5.73 Å². The van der Waals surface area contributed by atoms with E-state index >= 15 is 4.39 Å². The van der Waals surface area contributed by atoms with Gasteiger partial charge in [0.05, 0.1) is 17.0 Å². The summed E-state index contributed by atoms with van der Waals surface area (Å²) in [5.41, 5.74) is 9.20. The van der Waals surface area contributed by atoms with E-state index in [1.54, 1.807) is 17.0 Å². The zero-order valence-corrected chi connectivity index (χ0v) is 18.8. The maximum Gasteiger partial charge on any atom is 0.392 e. The van der Waals surface area contributed by atoms with Gasteiger partial charge in [-0.3, -0.25) is 9.59 Å². The van der Waals surface area contributed by atoms with Crippen LogP contribution in [0, 0.1) is 11.7 Å². The van der Waals surface area contributed by atoms with Crippen molar-refractivity contribution >= 4 is 22.7 Å². The average molecular weight is 485 g/mol. The first-order valence-electron chi connectivity index (χ1n) is 11.3. The first-order valence-corrected chi connectivity index (χ1v) is 11.3. The van der Waals surface area contributed by atoms with Crippen molar-refractivity contribution in [1.82, 2.24) is 9.88 Å². The molecule has 2 aromatic carbocycles. The number of hydrogen-bond acceptors (Lipinski definition) is 2. The summed E-state index contributed by atoms with van der Waals surface area (Å²) in [6, 6.07) is 6.46. The number of primary amides is 1. The molecule has 35 heavy (non-hydrogen) atoms. The highest BCUT2D eigenvalue weighted by atomic mass is 19.4. The normalized spacial score (nSPS) is 17.7. The molecule has 3 N–H and O–H groups in total. The lowest BCUT2D eigenvalue weighted by atomic mass is 9.83. The van der Waals surface area contributed by atoms with Crippen LogP contribution in [0.5, 0.6) is 0 Å². The number of nitrogens with one attached hydrogen (secondary N) is 1. The molecule has 1 aromatic heterocycles. The fourth-order valence-electron chi connectivity index (χ4n) is 5.47. The quantitative estimate of drug-likeness (QED) is 0.413. The molecule has 182 valence electrons. The van der Waals surface area contributed by atoms with Gasteiger partial charge in [-0.05, 0) is 60.1 Å². The molecule has 1 aliphatic carbocycles. The second-order valence-electron chi connectivity index (χ2n) is 9.12. The second-order valence-corrected chi connectivity index (χ2v) is 9.12. The number of hydrogen-bond donors (Lipinski definition) is 2. The number of nitrogens with two attached hydrogens (primary N) is 1. The molecule has 9 heteroatoms. The number of alkyl halides is 3. The third-order valence-electron chi connectivity index (χ3n) is 7.16. The third kappa shape index (κ3) is 3.79. The van der Waals surface area contributed by atoms with Gasteiger partial charge >= 0.3 is 6.18 Å². The van der Waals surface area contributed by atoms with Crippen molar-refractivity contribution in [2.45, 2.75) is 38.4 Å². The number of benzene rings is 2. The van der Waals surface area contributed by atoms with Crippen LogP contribution in [0.1, 0.15) is 39.2 Å². The maximum absolute atomic E-state index is 15.7. The molecule has 0 spiro atoms. The zero-order chi connectivity index (χ0) is 25.1. The molecule has 0 unspecified atom stereocenters. The van der Waals surface area contributed by atoms with Gasteiger partial charge in [0.25, 0.3) is 5.91 Å². The Kier molecular flexibility index (Phi) is 5.45. The molecule has 0 saturated carbocycles. The number of carbonyl (C=O) groups is 2. The van der Waals surface area contributed by atoms with Crippen molar-refractivity contribution < 1.29 is 27.2 Å². The van der Waals surface area contributed by atoms with E-state index in [2.05, 4.69) is 11.6 Å². The minimum absolute atomic E-state index is 0.0910. The number of nitrogens with zero attached hydrogens (tertiary/aromatic N) is 1. The van der Waals surface area contributed by atoms with Crippen LogP contribution in [-0.2, 0) is 30.6 Å². The number of aromatic nitrogens is 1. The highest BCUT2D eigenvalue weighted by Gasteiger charge is 2.42. The second kappa shape index (κ2) is 8.25. The average Bonchev–Trinajstić information content (AvgIpc) is 3.20. The summed E-state index contributed by atoms with van der Waals surface area (Å²) in [5, 5.41) is 0.410. The zero-order valence-electron chi connectivity index (χ0n) is 18.8. The molecule has 0 bridgehead atoms. The number of halogens is 4. The molecule has 3 aromatic rings. The summed E-state index contributed by atoms with van der Waals surface area (Å²) < 4.78 is 56.0. The van der Waals surface area contributed by atoms with Crippen LogP contribution in [-0.4, -0.2) is 34.4 Å². The number of H-pyrrole nitrogens is 1. The fraction of sp³-hybridized carbons (Fsp3) is 0.308. The summed E-state index contributed by atoms with van der Waals surface area (Å²) in [5.74, 6) is -3.23. The molecule has 0 radical (unpaired) electrons. The highest BCUT2D eigenvalue weighted by molar-refractivity contribution is 6.11. The van der Waals surface area contributed by atoms with Crippen molar-refractivity contribution in [2.75, 3.05) is 6.54 Å². The summed E-state index contributed by atoms with van der Waals surface area (Å²) in [4.78, 5) is 28.9. The smallest absolute Gasteiger partial charge is 0.366 e. The van der Waals surface area contributed by atoms with Crippen molar-refractivity contribution in [3.05, 3.63) is 70.7 Å². The molecule has 0 fully saturated rings. The topological polar surface area (TPSA) is 79.2 Å². The van der Waals surface area contributed by atoms with Gasteiger partial charge in [0.15, 0.2) is 0 Å².